The lowest BCUT2D eigenvalue weighted by Crippen LogP contribution is -2.53. The van der Waals surface area contributed by atoms with Crippen LogP contribution in [-0.2, 0) is 14.3 Å². The van der Waals surface area contributed by atoms with Crippen LogP contribution in [0.5, 0.6) is 0 Å². The molecule has 1 aromatic rings. The van der Waals surface area contributed by atoms with E-state index in [4.69, 9.17) is 9.47 Å². The van der Waals surface area contributed by atoms with Crippen molar-refractivity contribution in [3.8, 4) is 0 Å². The quantitative estimate of drug-likeness (QED) is 0.736. The van der Waals surface area contributed by atoms with Crippen LogP contribution in [0.2, 0.25) is 0 Å². The Hall–Kier alpha value is -2.29. The fourth-order valence-electron chi connectivity index (χ4n) is 3.66. The third kappa shape index (κ3) is 5.65. The van der Waals surface area contributed by atoms with Gasteiger partial charge in [-0.2, -0.15) is 13.2 Å². The fourth-order valence-corrected chi connectivity index (χ4v) is 3.66. The fraction of sp³-hybridized carbons (Fsp3) is 0.619. The summed E-state index contributed by atoms with van der Waals surface area (Å²) >= 11 is 0. The number of benzene rings is 1. The Morgan fingerprint density at radius 2 is 1.87 bits per heavy atom. The number of nitrogens with zero attached hydrogens (tertiary/aromatic N) is 2. The predicted molar refractivity (Wildman–Crippen MR) is 103 cm³/mol. The summed E-state index contributed by atoms with van der Waals surface area (Å²) in [6, 6.07) is 8.64. The van der Waals surface area contributed by atoms with Gasteiger partial charge in [0.25, 0.3) is 0 Å². The Bertz CT molecular complexity index is 764. The average molecular weight is 428 g/mol. The lowest BCUT2D eigenvalue weighted by atomic mass is 10.1. The Balaban J connectivity index is 1.69. The van der Waals surface area contributed by atoms with E-state index in [1.807, 2.05) is 30.3 Å². The summed E-state index contributed by atoms with van der Waals surface area (Å²) in [4.78, 5) is 26.7. The first-order valence-electron chi connectivity index (χ1n) is 9.98. The second kappa shape index (κ2) is 8.45. The molecule has 0 bridgehead atoms. The lowest BCUT2D eigenvalue weighted by Gasteiger charge is -2.36. The Morgan fingerprint density at radius 1 is 1.20 bits per heavy atom. The standard InChI is InChI=1S/C21H27F3N2O4/c1-20(2,3)30-19(28)25-9-10-29-15(12-25)13-26(18(27)21(22,23)24)17-11-16(17)14-7-5-4-6-8-14/h4-8,15-17H,9-13H2,1-3H3. The van der Waals surface area contributed by atoms with E-state index in [1.165, 1.54) is 4.90 Å². The highest BCUT2D eigenvalue weighted by atomic mass is 19.4. The van der Waals surface area contributed by atoms with Gasteiger partial charge in [-0.1, -0.05) is 30.3 Å². The van der Waals surface area contributed by atoms with Crippen molar-refractivity contribution >= 4 is 12.0 Å². The van der Waals surface area contributed by atoms with Crippen LogP contribution in [0.15, 0.2) is 30.3 Å². The average Bonchev–Trinajstić information content (AvgIpc) is 3.45. The van der Waals surface area contributed by atoms with Crippen molar-refractivity contribution in [1.82, 2.24) is 9.80 Å². The monoisotopic (exact) mass is 428 g/mol. The maximum absolute atomic E-state index is 13.2. The molecule has 3 atom stereocenters. The second-order valence-corrected chi connectivity index (χ2v) is 8.69. The minimum atomic E-state index is -4.97. The highest BCUT2D eigenvalue weighted by Gasteiger charge is 2.52. The predicted octanol–water partition coefficient (Wildman–Crippen LogP) is 3.57. The van der Waals surface area contributed by atoms with Crippen LogP contribution in [0.3, 0.4) is 0 Å². The zero-order chi connectivity index (χ0) is 22.1. The Morgan fingerprint density at radius 3 is 2.47 bits per heavy atom. The van der Waals surface area contributed by atoms with E-state index in [1.54, 1.807) is 20.8 Å². The first kappa shape index (κ1) is 22.4. The van der Waals surface area contributed by atoms with E-state index in [-0.39, 0.29) is 32.2 Å². The van der Waals surface area contributed by atoms with Crippen LogP contribution in [0.4, 0.5) is 18.0 Å². The number of carbonyl (C=O) groups excluding carboxylic acids is 2. The Labute approximate surface area is 173 Å². The minimum Gasteiger partial charge on any atom is -0.444 e. The van der Waals surface area contributed by atoms with Gasteiger partial charge in [-0.3, -0.25) is 4.79 Å². The van der Waals surface area contributed by atoms with Crippen LogP contribution in [0, 0.1) is 0 Å². The SMILES string of the molecule is CC(C)(C)OC(=O)N1CCOC(CN(C(=O)C(F)(F)F)C2CC2c2ccccc2)C1. The van der Waals surface area contributed by atoms with Crippen LogP contribution < -0.4 is 0 Å². The molecule has 3 unspecified atom stereocenters. The van der Waals surface area contributed by atoms with E-state index < -0.39 is 35.9 Å². The van der Waals surface area contributed by atoms with Crippen molar-refractivity contribution in [3.63, 3.8) is 0 Å². The van der Waals surface area contributed by atoms with E-state index >= 15 is 0 Å². The third-order valence-corrected chi connectivity index (χ3v) is 5.08. The maximum Gasteiger partial charge on any atom is 0.471 e. The van der Waals surface area contributed by atoms with Gasteiger partial charge in [-0.05, 0) is 32.8 Å². The number of halogens is 3. The molecular weight excluding hydrogens is 401 g/mol. The van der Waals surface area contributed by atoms with Crippen LogP contribution in [0.1, 0.15) is 38.7 Å². The van der Waals surface area contributed by atoms with Gasteiger partial charge in [-0.15, -0.1) is 0 Å². The normalized spacial score (nSPS) is 24.3. The van der Waals surface area contributed by atoms with Gasteiger partial charge in [0.2, 0.25) is 0 Å². The molecule has 0 spiro atoms. The number of hydrogen-bond donors (Lipinski definition) is 0. The molecule has 1 aliphatic heterocycles. The van der Waals surface area contributed by atoms with Gasteiger partial charge in [0.1, 0.15) is 5.60 Å². The summed E-state index contributed by atoms with van der Waals surface area (Å²) in [6.45, 7) is 5.51. The molecule has 30 heavy (non-hydrogen) atoms. The molecule has 3 rings (SSSR count). The van der Waals surface area contributed by atoms with Gasteiger partial charge in [0.15, 0.2) is 0 Å². The van der Waals surface area contributed by atoms with Crippen molar-refractivity contribution in [3.05, 3.63) is 35.9 Å². The summed E-state index contributed by atoms with van der Waals surface area (Å²) in [7, 11) is 0. The zero-order valence-corrected chi connectivity index (χ0v) is 17.3. The van der Waals surface area contributed by atoms with Crippen LogP contribution in [0.25, 0.3) is 0 Å². The molecule has 2 aliphatic rings. The molecule has 166 valence electrons. The van der Waals surface area contributed by atoms with E-state index in [0.717, 1.165) is 10.5 Å². The van der Waals surface area contributed by atoms with Crippen molar-refractivity contribution in [2.24, 2.45) is 0 Å². The van der Waals surface area contributed by atoms with Crippen LogP contribution >= 0.6 is 0 Å². The molecule has 2 fully saturated rings. The zero-order valence-electron chi connectivity index (χ0n) is 17.3. The number of ether oxygens (including phenoxy) is 2. The first-order valence-corrected chi connectivity index (χ1v) is 9.98. The van der Waals surface area contributed by atoms with Gasteiger partial charge in [-0.25, -0.2) is 4.79 Å². The molecule has 1 saturated heterocycles. The van der Waals surface area contributed by atoms with Gasteiger partial charge in [0, 0.05) is 25.0 Å². The molecule has 1 heterocycles. The highest BCUT2D eigenvalue weighted by Crippen LogP contribution is 2.45. The molecule has 0 radical (unpaired) electrons. The Kier molecular flexibility index (Phi) is 6.31. The maximum atomic E-state index is 13.2. The van der Waals surface area contributed by atoms with Gasteiger partial charge >= 0.3 is 18.2 Å². The van der Waals surface area contributed by atoms with Crippen molar-refractivity contribution in [1.29, 1.82) is 0 Å². The van der Waals surface area contributed by atoms with Gasteiger partial charge in [0.05, 0.1) is 19.3 Å². The van der Waals surface area contributed by atoms with Crippen LogP contribution in [-0.4, -0.2) is 72.0 Å². The molecule has 6 nitrogen and oxygen atoms in total. The van der Waals surface area contributed by atoms with E-state index in [2.05, 4.69) is 0 Å². The molecule has 1 aliphatic carbocycles. The summed E-state index contributed by atoms with van der Waals surface area (Å²) in [5.41, 5.74) is 0.225. The molecule has 1 saturated carbocycles. The van der Waals surface area contributed by atoms with Crippen molar-refractivity contribution in [2.75, 3.05) is 26.2 Å². The largest absolute Gasteiger partial charge is 0.471 e. The van der Waals surface area contributed by atoms with E-state index in [0.29, 0.717) is 6.42 Å². The molecule has 1 aromatic carbocycles. The number of morpholine rings is 1. The summed E-state index contributed by atoms with van der Waals surface area (Å²) in [5.74, 6) is -2.01. The number of amides is 2. The molecule has 9 heteroatoms. The first-order chi connectivity index (χ1) is 14.0. The van der Waals surface area contributed by atoms with Crippen molar-refractivity contribution in [2.45, 2.75) is 57.0 Å². The molecule has 0 N–H and O–H groups in total. The number of hydrogen-bond acceptors (Lipinski definition) is 4. The summed E-state index contributed by atoms with van der Waals surface area (Å²) in [5, 5.41) is 0. The molecule has 2 amide bonds. The third-order valence-electron chi connectivity index (χ3n) is 5.08. The molecule has 0 aromatic heterocycles. The number of alkyl halides is 3. The number of rotatable bonds is 4. The highest BCUT2D eigenvalue weighted by molar-refractivity contribution is 5.82. The summed E-state index contributed by atoms with van der Waals surface area (Å²) < 4.78 is 50.7. The van der Waals surface area contributed by atoms with Crippen molar-refractivity contribution < 1.29 is 32.2 Å². The lowest BCUT2D eigenvalue weighted by molar-refractivity contribution is -0.188. The molecular formula is C21H27F3N2O4. The minimum absolute atomic E-state index is 0.0687. The number of carbonyl (C=O) groups is 2. The smallest absolute Gasteiger partial charge is 0.444 e. The topological polar surface area (TPSA) is 59.1 Å². The van der Waals surface area contributed by atoms with Gasteiger partial charge < -0.3 is 19.3 Å². The van der Waals surface area contributed by atoms with E-state index in [9.17, 15) is 22.8 Å². The second-order valence-electron chi connectivity index (χ2n) is 8.69. The summed E-state index contributed by atoms with van der Waals surface area (Å²) in [6.07, 6.45) is -5.76.